The molecule has 4 saturated carbocycles. The number of alkyl carbamates (subject to hydrolysis) is 1. The van der Waals surface area contributed by atoms with Crippen molar-refractivity contribution in [1.82, 2.24) is 5.32 Å². The minimum absolute atomic E-state index is 0.114. The second-order valence-corrected chi connectivity index (χ2v) is 8.43. The molecule has 5 heteroatoms. The Hall–Kier alpha value is -1.26. The van der Waals surface area contributed by atoms with Crippen LogP contribution in [0.15, 0.2) is 0 Å². The molecular formula is C17H27NO4. The number of nitrogens with one attached hydrogen (secondary N) is 1. The summed E-state index contributed by atoms with van der Waals surface area (Å²) in [4.78, 5) is 23.7. The first-order valence-electron chi connectivity index (χ1n) is 8.42. The SMILES string of the molecule is CC(C)(C)OC(=O)NCC(=O)OC12CC3CC(CC(C3)C1)C2. The highest BCUT2D eigenvalue weighted by molar-refractivity contribution is 5.78. The summed E-state index contributed by atoms with van der Waals surface area (Å²) in [6.45, 7) is 5.26. The fourth-order valence-electron chi connectivity index (χ4n) is 4.89. The van der Waals surface area contributed by atoms with Gasteiger partial charge in [0, 0.05) is 0 Å². The average molecular weight is 309 g/mol. The number of amides is 1. The maximum atomic E-state index is 12.1. The lowest BCUT2D eigenvalue weighted by Gasteiger charge is -2.55. The summed E-state index contributed by atoms with van der Waals surface area (Å²) < 4.78 is 10.9. The van der Waals surface area contributed by atoms with Crippen molar-refractivity contribution in [2.24, 2.45) is 17.8 Å². The van der Waals surface area contributed by atoms with Gasteiger partial charge in [-0.15, -0.1) is 0 Å². The lowest BCUT2D eigenvalue weighted by molar-refractivity contribution is -0.185. The highest BCUT2D eigenvalue weighted by atomic mass is 16.6. The van der Waals surface area contributed by atoms with Crippen LogP contribution in [0.4, 0.5) is 4.79 Å². The molecule has 0 radical (unpaired) electrons. The van der Waals surface area contributed by atoms with Gasteiger partial charge in [-0.3, -0.25) is 4.79 Å². The molecule has 124 valence electrons. The van der Waals surface area contributed by atoms with E-state index in [4.69, 9.17) is 9.47 Å². The third kappa shape index (κ3) is 3.55. The zero-order valence-electron chi connectivity index (χ0n) is 13.8. The van der Waals surface area contributed by atoms with Crippen LogP contribution in [-0.2, 0) is 14.3 Å². The maximum absolute atomic E-state index is 12.1. The Balaban J connectivity index is 1.49. The number of rotatable bonds is 3. The number of carbonyl (C=O) groups excluding carboxylic acids is 2. The van der Waals surface area contributed by atoms with Gasteiger partial charge in [0.1, 0.15) is 17.7 Å². The van der Waals surface area contributed by atoms with E-state index in [9.17, 15) is 9.59 Å². The number of ether oxygens (including phenoxy) is 2. The van der Waals surface area contributed by atoms with Crippen LogP contribution in [0.25, 0.3) is 0 Å². The molecule has 0 atom stereocenters. The highest BCUT2D eigenvalue weighted by Gasteiger charge is 2.53. The average Bonchev–Trinajstić information content (AvgIpc) is 2.32. The molecule has 22 heavy (non-hydrogen) atoms. The summed E-state index contributed by atoms with van der Waals surface area (Å²) in [6, 6.07) is 0. The van der Waals surface area contributed by atoms with E-state index < -0.39 is 11.7 Å². The van der Waals surface area contributed by atoms with Crippen LogP contribution >= 0.6 is 0 Å². The van der Waals surface area contributed by atoms with Gasteiger partial charge in [0.15, 0.2) is 0 Å². The highest BCUT2D eigenvalue weighted by Crippen LogP contribution is 2.57. The van der Waals surface area contributed by atoms with E-state index in [1.165, 1.54) is 19.3 Å². The molecular weight excluding hydrogens is 282 g/mol. The lowest BCUT2D eigenvalue weighted by atomic mass is 9.54. The van der Waals surface area contributed by atoms with Crippen LogP contribution in [0.2, 0.25) is 0 Å². The Morgan fingerprint density at radius 1 is 1.05 bits per heavy atom. The third-order valence-electron chi connectivity index (χ3n) is 5.09. The van der Waals surface area contributed by atoms with E-state index in [0.717, 1.165) is 37.0 Å². The molecule has 4 rings (SSSR count). The van der Waals surface area contributed by atoms with E-state index in [2.05, 4.69) is 5.32 Å². The van der Waals surface area contributed by atoms with Crippen LogP contribution in [-0.4, -0.2) is 29.8 Å². The smallest absolute Gasteiger partial charge is 0.408 e. The molecule has 0 aromatic heterocycles. The molecule has 4 aliphatic carbocycles. The summed E-state index contributed by atoms with van der Waals surface area (Å²) in [5, 5.41) is 2.49. The van der Waals surface area contributed by atoms with Gasteiger partial charge in [-0.2, -0.15) is 0 Å². The molecule has 4 fully saturated rings. The molecule has 0 saturated heterocycles. The van der Waals surface area contributed by atoms with Crippen LogP contribution < -0.4 is 5.32 Å². The zero-order chi connectivity index (χ0) is 16.0. The largest absolute Gasteiger partial charge is 0.458 e. The second kappa shape index (κ2) is 5.43. The van der Waals surface area contributed by atoms with Crippen molar-refractivity contribution in [3.63, 3.8) is 0 Å². The van der Waals surface area contributed by atoms with Gasteiger partial charge in [0.25, 0.3) is 0 Å². The molecule has 1 amide bonds. The third-order valence-corrected chi connectivity index (χ3v) is 5.09. The van der Waals surface area contributed by atoms with Gasteiger partial charge >= 0.3 is 12.1 Å². The summed E-state index contributed by atoms with van der Waals surface area (Å²) in [5.74, 6) is 1.86. The molecule has 0 aromatic rings. The van der Waals surface area contributed by atoms with Crippen molar-refractivity contribution in [2.45, 2.75) is 70.5 Å². The standard InChI is InChI=1S/C17H27NO4/c1-16(2,3)22-15(20)18-10-14(19)21-17-7-11-4-12(8-17)6-13(5-11)9-17/h11-13H,4-10H2,1-3H3,(H,18,20). The van der Waals surface area contributed by atoms with Gasteiger partial charge in [-0.25, -0.2) is 4.79 Å². The molecule has 0 unspecified atom stereocenters. The fourth-order valence-corrected chi connectivity index (χ4v) is 4.89. The number of esters is 1. The van der Waals surface area contributed by atoms with Gasteiger partial charge < -0.3 is 14.8 Å². The minimum Gasteiger partial charge on any atom is -0.458 e. The topological polar surface area (TPSA) is 64.6 Å². The Morgan fingerprint density at radius 3 is 2.00 bits per heavy atom. The van der Waals surface area contributed by atoms with E-state index >= 15 is 0 Å². The van der Waals surface area contributed by atoms with E-state index in [1.807, 2.05) is 0 Å². The van der Waals surface area contributed by atoms with Gasteiger partial charge in [-0.05, 0) is 77.0 Å². The molecule has 5 nitrogen and oxygen atoms in total. The zero-order valence-corrected chi connectivity index (χ0v) is 13.8. The van der Waals surface area contributed by atoms with Crippen molar-refractivity contribution in [3.8, 4) is 0 Å². The van der Waals surface area contributed by atoms with Crippen molar-refractivity contribution in [1.29, 1.82) is 0 Å². The Morgan fingerprint density at radius 2 is 1.55 bits per heavy atom. The number of hydrogen-bond donors (Lipinski definition) is 1. The Bertz CT molecular complexity index is 430. The van der Waals surface area contributed by atoms with Gasteiger partial charge in [0.2, 0.25) is 0 Å². The minimum atomic E-state index is -0.574. The predicted octanol–water partition coefficient (Wildman–Crippen LogP) is 3.02. The second-order valence-electron chi connectivity index (χ2n) is 8.43. The predicted molar refractivity (Wildman–Crippen MR) is 81.2 cm³/mol. The first-order chi connectivity index (χ1) is 10.2. The fraction of sp³-hybridized carbons (Fsp3) is 0.882. The van der Waals surface area contributed by atoms with Crippen LogP contribution in [0, 0.1) is 17.8 Å². The molecule has 4 bridgehead atoms. The molecule has 1 N–H and O–H groups in total. The van der Waals surface area contributed by atoms with Crippen molar-refractivity contribution in [2.75, 3.05) is 6.54 Å². The molecule has 0 aliphatic heterocycles. The first kappa shape index (κ1) is 15.6. The quantitative estimate of drug-likeness (QED) is 0.814. The monoisotopic (exact) mass is 309 g/mol. The van der Waals surface area contributed by atoms with Crippen molar-refractivity contribution in [3.05, 3.63) is 0 Å². The van der Waals surface area contributed by atoms with Gasteiger partial charge in [-0.1, -0.05) is 0 Å². The van der Waals surface area contributed by atoms with Crippen molar-refractivity contribution < 1.29 is 19.1 Å². The maximum Gasteiger partial charge on any atom is 0.408 e. The Labute approximate surface area is 132 Å². The molecule has 4 aliphatic rings. The van der Waals surface area contributed by atoms with Crippen LogP contribution in [0.5, 0.6) is 0 Å². The summed E-state index contributed by atoms with van der Waals surface area (Å²) in [7, 11) is 0. The number of hydrogen-bond acceptors (Lipinski definition) is 4. The Kier molecular flexibility index (Phi) is 3.86. The van der Waals surface area contributed by atoms with E-state index in [-0.39, 0.29) is 18.1 Å². The normalized spacial score (nSPS) is 36.0. The lowest BCUT2D eigenvalue weighted by Crippen LogP contribution is -2.53. The van der Waals surface area contributed by atoms with Crippen LogP contribution in [0.3, 0.4) is 0 Å². The molecule has 0 heterocycles. The molecule has 0 spiro atoms. The van der Waals surface area contributed by atoms with Crippen LogP contribution in [0.1, 0.15) is 59.3 Å². The molecule has 0 aromatic carbocycles. The number of carbonyl (C=O) groups is 2. The summed E-state index contributed by atoms with van der Waals surface area (Å²) >= 11 is 0. The van der Waals surface area contributed by atoms with Gasteiger partial charge in [0.05, 0.1) is 0 Å². The summed E-state index contributed by atoms with van der Waals surface area (Å²) in [5.41, 5.74) is -0.810. The van der Waals surface area contributed by atoms with E-state index in [1.54, 1.807) is 20.8 Å². The van der Waals surface area contributed by atoms with Crippen molar-refractivity contribution >= 4 is 12.1 Å². The first-order valence-corrected chi connectivity index (χ1v) is 8.42. The summed E-state index contributed by atoms with van der Waals surface area (Å²) in [6.07, 6.45) is 6.40. The van der Waals surface area contributed by atoms with E-state index in [0.29, 0.717) is 0 Å².